The van der Waals surface area contributed by atoms with Crippen LogP contribution in [-0.4, -0.2) is 28.5 Å². The lowest BCUT2D eigenvalue weighted by Crippen LogP contribution is -2.18. The zero-order valence-corrected chi connectivity index (χ0v) is 28.9. The normalized spacial score (nSPS) is 15.1. The van der Waals surface area contributed by atoms with Gasteiger partial charge in [0, 0.05) is 34.3 Å². The molecule has 4 aromatic carbocycles. The first-order chi connectivity index (χ1) is 23.9. The second kappa shape index (κ2) is 13.1. The number of para-hydroxylation sites is 1. The molecular formula is C37H27ClN6O2S3. The third-order valence-corrected chi connectivity index (χ3v) is 11.6. The molecule has 8 nitrogen and oxygen atoms in total. The summed E-state index contributed by atoms with van der Waals surface area (Å²) in [4.78, 5) is 1.51. The molecule has 1 aliphatic rings. The Labute approximate surface area is 296 Å². The van der Waals surface area contributed by atoms with E-state index >= 15 is 0 Å². The van der Waals surface area contributed by atoms with Crippen molar-refractivity contribution < 1.29 is 8.42 Å². The molecule has 1 unspecified atom stereocenters. The van der Waals surface area contributed by atoms with Crippen LogP contribution in [0, 0.1) is 0 Å². The Balaban J connectivity index is 1.15. The third-order valence-electron chi connectivity index (χ3n) is 8.18. The lowest BCUT2D eigenvalue weighted by molar-refractivity contribution is 0.596. The van der Waals surface area contributed by atoms with Gasteiger partial charge in [-0.15, -0.1) is 27.1 Å². The smallest absolute Gasteiger partial charge is 0.284 e. The van der Waals surface area contributed by atoms with Crippen molar-refractivity contribution >= 4 is 55.7 Å². The Hall–Kier alpha value is -5.07. The fourth-order valence-electron chi connectivity index (χ4n) is 5.78. The summed E-state index contributed by atoms with van der Waals surface area (Å²) < 4.78 is 35.6. The number of aromatic nitrogens is 3. The van der Waals surface area contributed by atoms with Crippen LogP contribution in [0.1, 0.15) is 22.9 Å². The first-order valence-corrected chi connectivity index (χ1v) is 18.9. The molecular weight excluding hydrogens is 692 g/mol. The fraction of sp³-hybridized carbons (Fsp3) is 0.0541. The van der Waals surface area contributed by atoms with Crippen molar-refractivity contribution in [2.75, 3.05) is 5.01 Å². The maximum atomic E-state index is 13.8. The number of rotatable bonds is 8. The number of halogens is 1. The number of hydrogen-bond donors (Lipinski definition) is 0. The minimum absolute atomic E-state index is 0.0867. The molecule has 1 aliphatic heterocycles. The van der Waals surface area contributed by atoms with Crippen molar-refractivity contribution in [1.82, 2.24) is 14.3 Å². The molecule has 0 saturated carbocycles. The number of hydrogen-bond acceptors (Lipinski definition) is 7. The van der Waals surface area contributed by atoms with Crippen molar-refractivity contribution in [2.24, 2.45) is 9.50 Å². The number of thiazole rings is 1. The van der Waals surface area contributed by atoms with Gasteiger partial charge in [0.1, 0.15) is 0 Å². The van der Waals surface area contributed by atoms with Gasteiger partial charge in [-0.3, -0.25) is 9.58 Å². The average molecular weight is 719 g/mol. The van der Waals surface area contributed by atoms with Crippen molar-refractivity contribution in [3.8, 4) is 22.6 Å². The first kappa shape index (κ1) is 31.2. The van der Waals surface area contributed by atoms with E-state index in [1.165, 1.54) is 11.3 Å². The number of nitrogens with zero attached hydrogens (tertiary/aromatic N) is 6. The maximum Gasteiger partial charge on any atom is 0.285 e. The number of anilines is 1. The molecule has 7 aromatic rings. The Morgan fingerprint density at radius 1 is 0.776 bits per heavy atom. The maximum absolute atomic E-state index is 13.8. The van der Waals surface area contributed by atoms with Crippen LogP contribution in [0.5, 0.6) is 0 Å². The molecule has 0 N–H and O–H groups in total. The average Bonchev–Trinajstić information content (AvgIpc) is 3.96. The van der Waals surface area contributed by atoms with Crippen LogP contribution in [0.15, 0.2) is 159 Å². The largest absolute Gasteiger partial charge is 0.285 e. The van der Waals surface area contributed by atoms with Gasteiger partial charge in [0.15, 0.2) is 0 Å². The van der Waals surface area contributed by atoms with Gasteiger partial charge in [0.05, 0.1) is 44.8 Å². The second-order valence-corrected chi connectivity index (χ2v) is 15.1. The Bertz CT molecular complexity index is 2440. The number of hydrazone groups is 1. The van der Waals surface area contributed by atoms with E-state index in [2.05, 4.69) is 15.6 Å². The summed E-state index contributed by atoms with van der Waals surface area (Å²) in [7, 11) is -4.08. The molecule has 242 valence electrons. The number of benzene rings is 4. The van der Waals surface area contributed by atoms with Crippen molar-refractivity contribution in [1.29, 1.82) is 0 Å². The standard InChI is InChI=1S/C37H27ClN6O2S3/c38-28-13-15-30(16-14-28)43-35(26-8-3-1-4-9-26)25-48-37(43)41-49(45,46)32-19-17-31(18-20-32)44-34(22-33(40-44)36-12-7-21-47-36)27-23-39-42(24-27)29-10-5-2-6-11-29/h1-21,23-25,34H,22H2/b41-37+. The molecule has 0 bridgehead atoms. The van der Waals surface area contributed by atoms with Gasteiger partial charge in [-0.1, -0.05) is 66.2 Å². The molecule has 0 aliphatic carbocycles. The zero-order valence-electron chi connectivity index (χ0n) is 25.7. The zero-order chi connectivity index (χ0) is 33.4. The van der Waals surface area contributed by atoms with Crippen LogP contribution in [-0.2, 0) is 10.0 Å². The van der Waals surface area contributed by atoms with E-state index < -0.39 is 10.0 Å². The monoisotopic (exact) mass is 718 g/mol. The van der Waals surface area contributed by atoms with Gasteiger partial charge in [-0.05, 0) is 77.7 Å². The summed E-state index contributed by atoms with van der Waals surface area (Å²) >= 11 is 9.09. The molecule has 0 radical (unpaired) electrons. The van der Waals surface area contributed by atoms with Crippen LogP contribution < -0.4 is 9.81 Å². The summed E-state index contributed by atoms with van der Waals surface area (Å²) in [5.74, 6) is 0. The minimum atomic E-state index is -4.08. The van der Waals surface area contributed by atoms with Gasteiger partial charge in [-0.25, -0.2) is 4.68 Å². The van der Waals surface area contributed by atoms with E-state index in [-0.39, 0.29) is 10.9 Å². The molecule has 49 heavy (non-hydrogen) atoms. The molecule has 0 fully saturated rings. The summed E-state index contributed by atoms with van der Waals surface area (Å²) in [5.41, 5.74) is 6.23. The van der Waals surface area contributed by atoms with Crippen LogP contribution in [0.25, 0.3) is 22.6 Å². The van der Waals surface area contributed by atoms with E-state index in [1.54, 1.807) is 47.7 Å². The van der Waals surface area contributed by atoms with Crippen molar-refractivity contribution in [2.45, 2.75) is 17.4 Å². The van der Waals surface area contributed by atoms with E-state index in [0.29, 0.717) is 16.2 Å². The predicted molar refractivity (Wildman–Crippen MR) is 198 cm³/mol. The lowest BCUT2D eigenvalue weighted by atomic mass is 10.0. The number of sulfonamides is 1. The van der Waals surface area contributed by atoms with Gasteiger partial charge in [0.25, 0.3) is 10.0 Å². The van der Waals surface area contributed by atoms with Gasteiger partial charge in [0.2, 0.25) is 4.80 Å². The highest BCUT2D eigenvalue weighted by molar-refractivity contribution is 7.90. The fourth-order valence-corrected chi connectivity index (χ4v) is 8.74. The molecule has 1 atom stereocenters. The van der Waals surface area contributed by atoms with E-state index in [1.807, 2.05) is 116 Å². The molecule has 8 rings (SSSR count). The summed E-state index contributed by atoms with van der Waals surface area (Å²) in [5, 5.41) is 16.1. The highest BCUT2D eigenvalue weighted by Gasteiger charge is 2.32. The van der Waals surface area contributed by atoms with Gasteiger partial charge in [-0.2, -0.15) is 18.6 Å². The second-order valence-electron chi connectivity index (χ2n) is 11.3. The highest BCUT2D eigenvalue weighted by Crippen LogP contribution is 2.38. The van der Waals surface area contributed by atoms with Gasteiger partial charge >= 0.3 is 0 Å². The van der Waals surface area contributed by atoms with E-state index in [0.717, 1.165) is 44.5 Å². The Morgan fingerprint density at radius 3 is 2.20 bits per heavy atom. The molecule has 12 heteroatoms. The summed E-state index contributed by atoms with van der Waals surface area (Å²) in [6.07, 6.45) is 4.58. The topological polar surface area (TPSA) is 84.8 Å². The molecule has 0 spiro atoms. The summed E-state index contributed by atoms with van der Waals surface area (Å²) in [6, 6.07) is 37.7. The molecule has 0 amide bonds. The Kier molecular flexibility index (Phi) is 8.34. The summed E-state index contributed by atoms with van der Waals surface area (Å²) in [6.45, 7) is 0. The van der Waals surface area contributed by atoms with Crippen LogP contribution in [0.3, 0.4) is 0 Å². The Morgan fingerprint density at radius 2 is 1.49 bits per heavy atom. The van der Waals surface area contributed by atoms with Crippen LogP contribution in [0.4, 0.5) is 5.69 Å². The quantitative estimate of drug-likeness (QED) is 0.157. The van der Waals surface area contributed by atoms with E-state index in [9.17, 15) is 8.42 Å². The van der Waals surface area contributed by atoms with Gasteiger partial charge < -0.3 is 0 Å². The molecule has 4 heterocycles. The van der Waals surface area contributed by atoms with Crippen LogP contribution in [0.2, 0.25) is 5.02 Å². The molecule has 3 aromatic heterocycles. The third kappa shape index (κ3) is 6.29. The lowest BCUT2D eigenvalue weighted by Gasteiger charge is -2.22. The predicted octanol–water partition coefficient (Wildman–Crippen LogP) is 8.75. The van der Waals surface area contributed by atoms with E-state index in [4.69, 9.17) is 16.7 Å². The molecule has 0 saturated heterocycles. The van der Waals surface area contributed by atoms with Crippen molar-refractivity contribution in [3.63, 3.8) is 0 Å². The van der Waals surface area contributed by atoms with Crippen molar-refractivity contribution in [3.05, 3.63) is 165 Å². The van der Waals surface area contributed by atoms with Crippen LogP contribution >= 0.6 is 34.3 Å². The minimum Gasteiger partial charge on any atom is -0.284 e. The first-order valence-electron chi connectivity index (χ1n) is 15.4. The number of thiophene rings is 1. The SMILES string of the molecule is O=S(=O)(/N=c1/scc(-c2ccccc2)n1-c1ccc(Cl)cc1)c1ccc(N2N=C(c3cccs3)CC2c2cnn(-c3ccccc3)c2)cc1. The highest BCUT2D eigenvalue weighted by atomic mass is 35.5.